The Kier molecular flexibility index (Phi) is 7.28. The van der Waals surface area contributed by atoms with Crippen LogP contribution in [0.25, 0.3) is 0 Å². The van der Waals surface area contributed by atoms with E-state index in [0.29, 0.717) is 17.8 Å². The highest BCUT2D eigenvalue weighted by molar-refractivity contribution is 5.95. The number of hydrogen-bond acceptors (Lipinski definition) is 6. The maximum atomic E-state index is 12.8. The summed E-state index contributed by atoms with van der Waals surface area (Å²) in [7, 11) is 1.40. The molecule has 0 spiro atoms. The number of β-amino-alcohol motifs (C(OH)–C–C–N with tert-alkyl or cyclic N) is 1. The van der Waals surface area contributed by atoms with Gasteiger partial charge in [-0.2, -0.15) is 0 Å². The van der Waals surface area contributed by atoms with Crippen LogP contribution in [-0.2, 0) is 19.1 Å². The number of carbonyl (C=O) groups excluding carboxylic acids is 3. The number of benzene rings is 1. The lowest BCUT2D eigenvalue weighted by molar-refractivity contribution is -0.126. The minimum absolute atomic E-state index is 0.00547. The topological polar surface area (TPSA) is 117 Å². The van der Waals surface area contributed by atoms with Crippen LogP contribution in [0.2, 0.25) is 0 Å². The number of carbonyl (C=O) groups is 3. The molecule has 3 amide bonds. The highest BCUT2D eigenvalue weighted by Crippen LogP contribution is 2.16. The van der Waals surface area contributed by atoms with Gasteiger partial charge in [0.2, 0.25) is 11.8 Å². The minimum atomic E-state index is -1.40. The summed E-state index contributed by atoms with van der Waals surface area (Å²) in [5.74, 6) is -0.822. The summed E-state index contributed by atoms with van der Waals surface area (Å²) >= 11 is 0. The van der Waals surface area contributed by atoms with Gasteiger partial charge in [0.1, 0.15) is 12.2 Å². The van der Waals surface area contributed by atoms with Gasteiger partial charge in [-0.25, -0.2) is 0 Å². The molecule has 9 heteroatoms. The molecule has 0 bridgehead atoms. The monoisotopic (exact) mass is 379 g/mol. The summed E-state index contributed by atoms with van der Waals surface area (Å²) in [6, 6.07) is 6.50. The van der Waals surface area contributed by atoms with Crippen molar-refractivity contribution in [2.75, 3.05) is 51.9 Å². The van der Waals surface area contributed by atoms with Crippen molar-refractivity contribution in [2.24, 2.45) is 0 Å². The standard InChI is InChI=1S/C18H25N3O6/c1-13(22)20-15-5-3-14(4-6-15)17(24)21-7-8-27-12-18(25,11-21)10-19-16(23)9-26-2/h3-6,25H,7-12H2,1-2H3,(H,19,23)(H,20,22)/t18-/m1/s1. The minimum Gasteiger partial charge on any atom is -0.384 e. The van der Waals surface area contributed by atoms with Gasteiger partial charge in [0.15, 0.2) is 0 Å². The maximum Gasteiger partial charge on any atom is 0.254 e. The molecule has 0 aromatic heterocycles. The van der Waals surface area contributed by atoms with Crippen molar-refractivity contribution in [3.8, 4) is 0 Å². The molecule has 27 heavy (non-hydrogen) atoms. The summed E-state index contributed by atoms with van der Waals surface area (Å²) in [4.78, 5) is 36.9. The first-order valence-corrected chi connectivity index (χ1v) is 8.56. The van der Waals surface area contributed by atoms with Crippen LogP contribution >= 0.6 is 0 Å². The van der Waals surface area contributed by atoms with E-state index in [0.717, 1.165) is 0 Å². The van der Waals surface area contributed by atoms with Crippen LogP contribution < -0.4 is 10.6 Å². The molecule has 1 aromatic rings. The van der Waals surface area contributed by atoms with E-state index in [-0.39, 0.29) is 50.6 Å². The van der Waals surface area contributed by atoms with Gasteiger partial charge < -0.3 is 30.1 Å². The highest BCUT2D eigenvalue weighted by atomic mass is 16.5. The summed E-state index contributed by atoms with van der Waals surface area (Å²) < 4.78 is 10.1. The molecular weight excluding hydrogens is 354 g/mol. The largest absolute Gasteiger partial charge is 0.384 e. The molecule has 1 atom stereocenters. The van der Waals surface area contributed by atoms with Crippen LogP contribution in [0.4, 0.5) is 5.69 Å². The van der Waals surface area contributed by atoms with Crippen LogP contribution in [0, 0.1) is 0 Å². The Balaban J connectivity index is 2.03. The molecule has 148 valence electrons. The molecule has 1 fully saturated rings. The van der Waals surface area contributed by atoms with Crippen LogP contribution in [-0.4, -0.2) is 79.9 Å². The average Bonchev–Trinajstić information content (AvgIpc) is 2.82. The number of aliphatic hydroxyl groups is 1. The predicted molar refractivity (Wildman–Crippen MR) is 97.3 cm³/mol. The SMILES string of the molecule is COCC(=O)NC[C@]1(O)COCCN(C(=O)c2ccc(NC(C)=O)cc2)C1. The number of methoxy groups -OCH3 is 1. The number of hydrogen-bond donors (Lipinski definition) is 3. The molecule has 1 heterocycles. The van der Waals surface area contributed by atoms with Gasteiger partial charge in [0.25, 0.3) is 5.91 Å². The second-order valence-corrected chi connectivity index (χ2v) is 6.47. The number of ether oxygens (including phenoxy) is 2. The van der Waals surface area contributed by atoms with Gasteiger partial charge in [0, 0.05) is 31.8 Å². The molecule has 2 rings (SSSR count). The Morgan fingerprint density at radius 3 is 2.63 bits per heavy atom. The number of rotatable bonds is 6. The van der Waals surface area contributed by atoms with Crippen LogP contribution in [0.15, 0.2) is 24.3 Å². The Hall–Kier alpha value is -2.49. The lowest BCUT2D eigenvalue weighted by Crippen LogP contribution is -2.53. The summed E-state index contributed by atoms with van der Waals surface area (Å²) in [6.45, 7) is 1.87. The van der Waals surface area contributed by atoms with E-state index in [9.17, 15) is 19.5 Å². The quantitative estimate of drug-likeness (QED) is 0.620. The maximum absolute atomic E-state index is 12.8. The van der Waals surface area contributed by atoms with Gasteiger partial charge >= 0.3 is 0 Å². The van der Waals surface area contributed by atoms with E-state index < -0.39 is 5.60 Å². The molecule has 0 radical (unpaired) electrons. The Morgan fingerprint density at radius 2 is 2.00 bits per heavy atom. The van der Waals surface area contributed by atoms with Crippen molar-refractivity contribution in [1.29, 1.82) is 0 Å². The predicted octanol–water partition coefficient (Wildman–Crippen LogP) is -0.389. The van der Waals surface area contributed by atoms with Crippen molar-refractivity contribution < 1.29 is 29.0 Å². The van der Waals surface area contributed by atoms with E-state index in [1.54, 1.807) is 24.3 Å². The number of anilines is 1. The van der Waals surface area contributed by atoms with E-state index in [1.165, 1.54) is 18.9 Å². The van der Waals surface area contributed by atoms with Gasteiger partial charge in [-0.05, 0) is 24.3 Å². The van der Waals surface area contributed by atoms with E-state index >= 15 is 0 Å². The van der Waals surface area contributed by atoms with Gasteiger partial charge in [-0.3, -0.25) is 14.4 Å². The normalized spacial score (nSPS) is 19.9. The second-order valence-electron chi connectivity index (χ2n) is 6.47. The van der Waals surface area contributed by atoms with E-state index in [2.05, 4.69) is 10.6 Å². The first kappa shape index (κ1) is 20.8. The van der Waals surface area contributed by atoms with Crippen molar-refractivity contribution in [3.05, 3.63) is 29.8 Å². The molecule has 0 aliphatic carbocycles. The average molecular weight is 379 g/mol. The zero-order valence-corrected chi connectivity index (χ0v) is 15.5. The fraction of sp³-hybridized carbons (Fsp3) is 0.500. The van der Waals surface area contributed by atoms with Crippen LogP contribution in [0.1, 0.15) is 17.3 Å². The highest BCUT2D eigenvalue weighted by Gasteiger charge is 2.35. The van der Waals surface area contributed by atoms with Crippen molar-refractivity contribution in [1.82, 2.24) is 10.2 Å². The molecule has 0 saturated carbocycles. The molecule has 1 saturated heterocycles. The molecule has 0 unspecified atom stereocenters. The van der Waals surface area contributed by atoms with Gasteiger partial charge in [-0.1, -0.05) is 0 Å². The van der Waals surface area contributed by atoms with Crippen LogP contribution in [0.3, 0.4) is 0 Å². The molecular formula is C18H25N3O6. The molecule has 1 aliphatic rings. The van der Waals surface area contributed by atoms with Crippen LogP contribution in [0.5, 0.6) is 0 Å². The summed E-state index contributed by atoms with van der Waals surface area (Å²) in [5, 5.41) is 16.0. The fourth-order valence-electron chi connectivity index (χ4n) is 2.72. The van der Waals surface area contributed by atoms with Gasteiger partial charge in [0.05, 0.1) is 26.3 Å². The Morgan fingerprint density at radius 1 is 1.30 bits per heavy atom. The third kappa shape index (κ3) is 6.31. The zero-order valence-electron chi connectivity index (χ0n) is 15.5. The number of nitrogens with zero attached hydrogens (tertiary/aromatic N) is 1. The fourth-order valence-corrected chi connectivity index (χ4v) is 2.72. The summed E-state index contributed by atoms with van der Waals surface area (Å²) in [6.07, 6.45) is 0. The van der Waals surface area contributed by atoms with E-state index in [4.69, 9.17) is 9.47 Å². The first-order chi connectivity index (χ1) is 12.8. The zero-order chi connectivity index (χ0) is 19.9. The molecule has 1 aliphatic heterocycles. The second kappa shape index (κ2) is 9.45. The van der Waals surface area contributed by atoms with Crippen molar-refractivity contribution in [3.63, 3.8) is 0 Å². The molecule has 9 nitrogen and oxygen atoms in total. The Bertz CT molecular complexity index is 678. The molecule has 1 aromatic carbocycles. The Labute approximate surface area is 157 Å². The first-order valence-electron chi connectivity index (χ1n) is 8.56. The lowest BCUT2D eigenvalue weighted by Gasteiger charge is -2.31. The number of amides is 3. The molecule has 3 N–H and O–H groups in total. The van der Waals surface area contributed by atoms with Gasteiger partial charge in [-0.15, -0.1) is 0 Å². The lowest BCUT2D eigenvalue weighted by atomic mass is 10.0. The third-order valence-corrected chi connectivity index (χ3v) is 3.99. The number of nitrogens with one attached hydrogen (secondary N) is 2. The third-order valence-electron chi connectivity index (χ3n) is 3.99. The smallest absolute Gasteiger partial charge is 0.254 e. The van der Waals surface area contributed by atoms with Crippen molar-refractivity contribution in [2.45, 2.75) is 12.5 Å². The summed E-state index contributed by atoms with van der Waals surface area (Å²) in [5.41, 5.74) is -0.376. The van der Waals surface area contributed by atoms with E-state index in [1.807, 2.05) is 0 Å². The van der Waals surface area contributed by atoms with Crippen molar-refractivity contribution >= 4 is 23.4 Å².